The second-order valence-electron chi connectivity index (χ2n) is 5.65. The first-order chi connectivity index (χ1) is 9.13. The smallest absolute Gasteiger partial charge is 0.234 e. The van der Waals surface area contributed by atoms with Crippen LogP contribution in [0.1, 0.15) is 33.1 Å². The van der Waals surface area contributed by atoms with Gasteiger partial charge in [-0.2, -0.15) is 0 Å². The van der Waals surface area contributed by atoms with Gasteiger partial charge < -0.3 is 10.6 Å². The highest BCUT2D eigenvalue weighted by Crippen LogP contribution is 2.16. The number of rotatable bonds is 7. The minimum absolute atomic E-state index is 0.0358. The summed E-state index contributed by atoms with van der Waals surface area (Å²) in [6.45, 7) is 8.22. The molecule has 4 nitrogen and oxygen atoms in total. The van der Waals surface area contributed by atoms with Crippen LogP contribution in [0.3, 0.4) is 0 Å². The van der Waals surface area contributed by atoms with E-state index < -0.39 is 0 Å². The van der Waals surface area contributed by atoms with Crippen molar-refractivity contribution < 1.29 is 4.79 Å². The molecule has 0 saturated carbocycles. The molecule has 1 rings (SSSR count). The maximum Gasteiger partial charge on any atom is 0.234 e. The topological polar surface area (TPSA) is 44.4 Å². The van der Waals surface area contributed by atoms with E-state index in [9.17, 15) is 4.79 Å². The second kappa shape index (κ2) is 8.95. The quantitative estimate of drug-likeness (QED) is 0.670. The van der Waals surface area contributed by atoms with Gasteiger partial charge in [-0.1, -0.05) is 26.2 Å². The van der Waals surface area contributed by atoms with Crippen molar-refractivity contribution in [3.63, 3.8) is 0 Å². The van der Waals surface area contributed by atoms with E-state index in [0.29, 0.717) is 25.0 Å². The van der Waals surface area contributed by atoms with Gasteiger partial charge in [0, 0.05) is 12.6 Å². The average molecular weight is 265 g/mol. The van der Waals surface area contributed by atoms with Crippen LogP contribution in [-0.4, -0.2) is 49.6 Å². The lowest BCUT2D eigenvalue weighted by Gasteiger charge is -2.35. The summed E-state index contributed by atoms with van der Waals surface area (Å²) in [7, 11) is 0. The molecule has 1 unspecified atom stereocenters. The third-order valence-electron chi connectivity index (χ3n) is 3.42. The summed E-state index contributed by atoms with van der Waals surface area (Å²) >= 11 is 0. The Kier molecular flexibility index (Phi) is 7.54. The first-order valence-corrected chi connectivity index (χ1v) is 7.28. The van der Waals surface area contributed by atoms with E-state index >= 15 is 0 Å². The average Bonchev–Trinajstić information content (AvgIpc) is 2.38. The Balaban J connectivity index is 2.35. The molecule has 0 aromatic heterocycles. The molecule has 108 valence electrons. The number of nitrogens with zero attached hydrogens (tertiary/aromatic N) is 1. The Bertz CT molecular complexity index is 309. The minimum atomic E-state index is 0.0358. The van der Waals surface area contributed by atoms with Crippen molar-refractivity contribution >= 4 is 5.91 Å². The molecule has 1 heterocycles. The van der Waals surface area contributed by atoms with Gasteiger partial charge in [0.1, 0.15) is 0 Å². The molecule has 19 heavy (non-hydrogen) atoms. The second-order valence-corrected chi connectivity index (χ2v) is 5.65. The first-order valence-electron chi connectivity index (χ1n) is 7.28. The molecule has 1 aliphatic rings. The van der Waals surface area contributed by atoms with Crippen molar-refractivity contribution in [2.75, 3.05) is 32.7 Å². The molecule has 0 aromatic carbocycles. The number of amides is 1. The molecule has 0 radical (unpaired) electrons. The first kappa shape index (κ1) is 16.0. The van der Waals surface area contributed by atoms with Crippen LogP contribution in [0.25, 0.3) is 0 Å². The Hall–Kier alpha value is -1.05. The summed E-state index contributed by atoms with van der Waals surface area (Å²) in [6, 6.07) is 0.476. The highest BCUT2D eigenvalue weighted by molar-refractivity contribution is 5.78. The van der Waals surface area contributed by atoms with Crippen molar-refractivity contribution in [2.24, 2.45) is 5.92 Å². The van der Waals surface area contributed by atoms with Gasteiger partial charge in [0.15, 0.2) is 0 Å². The Morgan fingerprint density at radius 2 is 2.26 bits per heavy atom. The number of terminal acetylenes is 1. The van der Waals surface area contributed by atoms with E-state index in [1.165, 1.54) is 19.3 Å². The minimum Gasteiger partial charge on any atom is -0.344 e. The number of hydrogen-bond acceptors (Lipinski definition) is 3. The van der Waals surface area contributed by atoms with Gasteiger partial charge in [0.25, 0.3) is 0 Å². The van der Waals surface area contributed by atoms with E-state index in [0.717, 1.165) is 19.6 Å². The lowest BCUT2D eigenvalue weighted by atomic mass is 10.0. The number of carbonyl (C=O) groups is 1. The van der Waals surface area contributed by atoms with E-state index in [4.69, 9.17) is 6.42 Å². The fourth-order valence-corrected chi connectivity index (χ4v) is 2.43. The number of carbonyl (C=O) groups excluding carboxylic acids is 1. The third kappa shape index (κ3) is 6.60. The van der Waals surface area contributed by atoms with Gasteiger partial charge in [-0.3, -0.25) is 9.69 Å². The third-order valence-corrected chi connectivity index (χ3v) is 3.42. The Labute approximate surface area is 117 Å². The SMILES string of the molecule is C#CCNC(=O)CN1CCCCC1CNCC(C)C. The van der Waals surface area contributed by atoms with Gasteiger partial charge in [0.2, 0.25) is 5.91 Å². The van der Waals surface area contributed by atoms with Crippen molar-refractivity contribution in [1.82, 2.24) is 15.5 Å². The highest BCUT2D eigenvalue weighted by Gasteiger charge is 2.23. The van der Waals surface area contributed by atoms with E-state index in [-0.39, 0.29) is 5.91 Å². The zero-order valence-corrected chi connectivity index (χ0v) is 12.2. The molecule has 0 bridgehead atoms. The van der Waals surface area contributed by atoms with Crippen LogP contribution >= 0.6 is 0 Å². The summed E-state index contributed by atoms with van der Waals surface area (Å²) in [4.78, 5) is 14.0. The molecule has 1 aliphatic heterocycles. The highest BCUT2D eigenvalue weighted by atomic mass is 16.2. The summed E-state index contributed by atoms with van der Waals surface area (Å²) in [6.07, 6.45) is 8.76. The summed E-state index contributed by atoms with van der Waals surface area (Å²) in [5.74, 6) is 3.13. The van der Waals surface area contributed by atoms with Crippen molar-refractivity contribution in [3.8, 4) is 12.3 Å². The zero-order valence-electron chi connectivity index (χ0n) is 12.2. The maximum atomic E-state index is 11.7. The maximum absolute atomic E-state index is 11.7. The molecular formula is C15H27N3O. The molecule has 1 atom stereocenters. The predicted molar refractivity (Wildman–Crippen MR) is 78.8 cm³/mol. The molecule has 0 spiro atoms. The van der Waals surface area contributed by atoms with E-state index in [1.807, 2.05) is 0 Å². The van der Waals surface area contributed by atoms with Gasteiger partial charge >= 0.3 is 0 Å². The van der Waals surface area contributed by atoms with Crippen molar-refractivity contribution in [3.05, 3.63) is 0 Å². The van der Waals surface area contributed by atoms with Gasteiger partial charge in [-0.25, -0.2) is 0 Å². The molecule has 0 aliphatic carbocycles. The lowest BCUT2D eigenvalue weighted by Crippen LogP contribution is -2.49. The fourth-order valence-electron chi connectivity index (χ4n) is 2.43. The number of hydrogen-bond donors (Lipinski definition) is 2. The predicted octanol–water partition coefficient (Wildman–Crippen LogP) is 0.836. The van der Waals surface area contributed by atoms with Gasteiger partial charge in [-0.15, -0.1) is 6.42 Å². The van der Waals surface area contributed by atoms with E-state index in [1.54, 1.807) is 0 Å². The molecule has 1 saturated heterocycles. The summed E-state index contributed by atoms with van der Waals surface area (Å²) < 4.78 is 0. The number of piperidine rings is 1. The molecule has 2 N–H and O–H groups in total. The Morgan fingerprint density at radius 1 is 1.47 bits per heavy atom. The monoisotopic (exact) mass is 265 g/mol. The van der Waals surface area contributed by atoms with Gasteiger partial charge in [0.05, 0.1) is 13.1 Å². The van der Waals surface area contributed by atoms with Crippen LogP contribution in [0.5, 0.6) is 0 Å². The summed E-state index contributed by atoms with van der Waals surface area (Å²) in [5, 5.41) is 6.23. The fraction of sp³-hybridized carbons (Fsp3) is 0.800. The van der Waals surface area contributed by atoms with Crippen LogP contribution in [0, 0.1) is 18.3 Å². The van der Waals surface area contributed by atoms with Crippen LogP contribution in [-0.2, 0) is 4.79 Å². The Morgan fingerprint density at radius 3 is 2.95 bits per heavy atom. The molecule has 1 amide bonds. The standard InChI is InChI=1S/C15H27N3O/c1-4-8-17-15(19)12-18-9-6-5-7-14(18)11-16-10-13(2)3/h1,13-14,16H,5-12H2,2-3H3,(H,17,19). The van der Waals surface area contributed by atoms with Gasteiger partial charge in [-0.05, 0) is 31.8 Å². The molecule has 4 heteroatoms. The summed E-state index contributed by atoms with van der Waals surface area (Å²) in [5.41, 5.74) is 0. The van der Waals surface area contributed by atoms with Crippen LogP contribution < -0.4 is 10.6 Å². The number of nitrogens with one attached hydrogen (secondary N) is 2. The van der Waals surface area contributed by atoms with Crippen LogP contribution in [0.2, 0.25) is 0 Å². The van der Waals surface area contributed by atoms with Crippen LogP contribution in [0.4, 0.5) is 0 Å². The number of likely N-dealkylation sites (tertiary alicyclic amines) is 1. The molecule has 1 fully saturated rings. The van der Waals surface area contributed by atoms with Crippen molar-refractivity contribution in [2.45, 2.75) is 39.2 Å². The molecule has 0 aromatic rings. The normalized spacial score (nSPS) is 20.2. The molecular weight excluding hydrogens is 238 g/mol. The largest absolute Gasteiger partial charge is 0.344 e. The van der Waals surface area contributed by atoms with Crippen LogP contribution in [0.15, 0.2) is 0 Å². The van der Waals surface area contributed by atoms with E-state index in [2.05, 4.69) is 35.3 Å². The lowest BCUT2D eigenvalue weighted by molar-refractivity contribution is -0.122. The zero-order chi connectivity index (χ0) is 14.1. The van der Waals surface area contributed by atoms with Crippen molar-refractivity contribution in [1.29, 1.82) is 0 Å².